The number of hydrazone groups is 1. The fourth-order valence-corrected chi connectivity index (χ4v) is 8.94. The van der Waals surface area contributed by atoms with E-state index in [-0.39, 0.29) is 46.6 Å². The number of hydrogen-bond donors (Lipinski definition) is 1. The third-order valence-corrected chi connectivity index (χ3v) is 13.3. The summed E-state index contributed by atoms with van der Waals surface area (Å²) in [5.74, 6) is 8.67. The summed E-state index contributed by atoms with van der Waals surface area (Å²) in [7, 11) is 4.43. The summed E-state index contributed by atoms with van der Waals surface area (Å²) in [4.78, 5) is 29.3. The average Bonchev–Trinajstić information content (AvgIpc) is 4.37. The Hall–Kier alpha value is -5.97. The molecule has 16 nitrogen and oxygen atoms in total. The Morgan fingerprint density at radius 3 is 2.00 bits per heavy atom. The van der Waals surface area contributed by atoms with E-state index in [0.717, 1.165) is 61.2 Å². The number of rotatable bonds is 31. The van der Waals surface area contributed by atoms with Gasteiger partial charge in [-0.3, -0.25) is 19.9 Å². The predicted octanol–water partition coefficient (Wildman–Crippen LogP) is 13.8. The van der Waals surface area contributed by atoms with E-state index in [9.17, 15) is 14.9 Å². The number of nitrogens with two attached hydrogens (primary N) is 1. The van der Waals surface area contributed by atoms with Gasteiger partial charge in [0, 0.05) is 24.3 Å². The lowest BCUT2D eigenvalue weighted by molar-refractivity contribution is -0.386. The first-order valence-electron chi connectivity index (χ1n) is 28.4. The van der Waals surface area contributed by atoms with Gasteiger partial charge in [-0.1, -0.05) is 117 Å². The fraction of sp³-hybridized carbons (Fsp3) is 0.597. The van der Waals surface area contributed by atoms with Crippen molar-refractivity contribution >= 4 is 36.1 Å². The van der Waals surface area contributed by atoms with Gasteiger partial charge in [0.05, 0.1) is 77.5 Å². The smallest absolute Gasteiger partial charge is 0.280 e. The Morgan fingerprint density at radius 1 is 0.795 bits per heavy atom. The Balaban J connectivity index is 0.00000216. The first kappa shape index (κ1) is 66.3. The van der Waals surface area contributed by atoms with Crippen molar-refractivity contribution in [2.24, 2.45) is 27.3 Å². The first-order chi connectivity index (χ1) is 37.8. The van der Waals surface area contributed by atoms with E-state index in [1.807, 2.05) is 71.9 Å². The summed E-state index contributed by atoms with van der Waals surface area (Å²) in [6.45, 7) is 22.2. The minimum Gasteiger partial charge on any atom is -0.493 e. The van der Waals surface area contributed by atoms with Gasteiger partial charge in [-0.2, -0.15) is 5.10 Å². The first-order valence-corrected chi connectivity index (χ1v) is 28.4. The van der Waals surface area contributed by atoms with Gasteiger partial charge in [-0.25, -0.2) is 0 Å². The second-order valence-corrected chi connectivity index (χ2v) is 19.8. The zero-order chi connectivity index (χ0) is 57.3. The molecule has 2 aliphatic carbocycles. The molecule has 0 saturated heterocycles. The van der Waals surface area contributed by atoms with E-state index in [0.29, 0.717) is 86.5 Å². The molecular weight excluding hydrogens is 993 g/mol. The average molecular weight is 1090 g/mol. The SMILES string of the molecule is C1CC1.CC.CC.CCCCCCCOCCOCCOCCN=C/C(COc1cc(/C=C/c2cc3c(c(OC)c2)OC2CCCC(C)(C)C2C3)cc(OC(C=O)c2cc(OC)c(OC)cc2[N+](=O)[O-])c1CC=C(C)C)=N\N. The molecule has 16 heteroatoms. The lowest BCUT2D eigenvalue weighted by Gasteiger charge is -2.47. The number of carbonyl (C=O) groups is 1. The van der Waals surface area contributed by atoms with Crippen molar-refractivity contribution in [1.82, 2.24) is 0 Å². The summed E-state index contributed by atoms with van der Waals surface area (Å²) in [5, 5.41) is 16.4. The molecule has 3 unspecified atom stereocenters. The Labute approximate surface area is 466 Å². The van der Waals surface area contributed by atoms with Crippen molar-refractivity contribution < 1.29 is 52.3 Å². The minimum atomic E-state index is -1.43. The van der Waals surface area contributed by atoms with Crippen LogP contribution in [0, 0.1) is 21.4 Å². The molecule has 0 radical (unpaired) electrons. The van der Waals surface area contributed by atoms with Gasteiger partial charge in [-0.05, 0) is 105 Å². The fourth-order valence-electron chi connectivity index (χ4n) is 8.94. The Morgan fingerprint density at radius 2 is 1.40 bits per heavy atom. The highest BCUT2D eigenvalue weighted by atomic mass is 16.6. The topological polar surface area (TPSA) is 194 Å². The standard InChI is InChI=1S/C55H76N4O12.C3H6.2C2H6/c1-9-10-11-12-13-22-66-24-26-68-27-25-67-23-21-57-35-42(58-56)37-69-48-29-40(18-17-39-28-41-32-45-47(15-14-20-55(45,4)5)71-54(41)52(31-39)65-8)30-49(43(48)19-16-38(2)3)70-53(36-60)44-33-50(63-6)51(64-7)34-46(44)59(61)62;1-2-3-1;2*1-2/h16-18,28-31,33-36,45,47,53H,9-15,19-27,32,37,56H2,1-8H3;1-3H2;2*1-2H3/b18-17+,57-35?,58-42+;;;. The van der Waals surface area contributed by atoms with Crippen LogP contribution in [0.15, 0.2) is 58.1 Å². The van der Waals surface area contributed by atoms with Crippen molar-refractivity contribution in [2.75, 3.05) is 74.1 Å². The van der Waals surface area contributed by atoms with Crippen molar-refractivity contribution in [3.8, 4) is 34.5 Å². The molecule has 0 spiro atoms. The number of aldehydes is 1. The number of hydrogen-bond acceptors (Lipinski definition) is 15. The van der Waals surface area contributed by atoms with Crippen LogP contribution in [-0.2, 0) is 31.8 Å². The molecule has 78 heavy (non-hydrogen) atoms. The lowest BCUT2D eigenvalue weighted by atomic mass is 9.64. The van der Waals surface area contributed by atoms with Crippen LogP contribution in [0.3, 0.4) is 0 Å². The molecule has 3 atom stereocenters. The van der Waals surface area contributed by atoms with Crippen molar-refractivity contribution in [3.63, 3.8) is 0 Å². The van der Waals surface area contributed by atoms with Gasteiger partial charge in [0.1, 0.15) is 29.9 Å². The molecule has 3 aromatic carbocycles. The maximum Gasteiger partial charge on any atom is 0.280 e. The van der Waals surface area contributed by atoms with E-state index >= 15 is 0 Å². The van der Waals surface area contributed by atoms with Crippen LogP contribution in [0.4, 0.5) is 5.69 Å². The molecule has 0 aromatic heterocycles. The number of allylic oxidation sites excluding steroid dienone is 2. The summed E-state index contributed by atoms with van der Waals surface area (Å²) >= 11 is 0. The van der Waals surface area contributed by atoms with Crippen molar-refractivity contribution in [1.29, 1.82) is 0 Å². The zero-order valence-electron chi connectivity index (χ0n) is 49.3. The highest BCUT2D eigenvalue weighted by Gasteiger charge is 2.44. The number of ether oxygens (including phenoxy) is 9. The third-order valence-electron chi connectivity index (χ3n) is 13.3. The number of unbranched alkanes of at least 4 members (excludes halogenated alkanes) is 4. The number of nitro groups is 1. The highest BCUT2D eigenvalue weighted by molar-refractivity contribution is 6.31. The number of nitro benzene ring substituents is 1. The van der Waals surface area contributed by atoms with E-state index in [1.54, 1.807) is 19.4 Å². The van der Waals surface area contributed by atoms with Gasteiger partial charge in [0.25, 0.3) is 5.69 Å². The summed E-state index contributed by atoms with van der Waals surface area (Å²) in [5.41, 5.74) is 4.32. The molecule has 2 N–H and O–H groups in total. The second kappa shape index (κ2) is 37.0. The van der Waals surface area contributed by atoms with Crippen LogP contribution >= 0.6 is 0 Å². The maximum atomic E-state index is 13.0. The molecule has 2 saturated carbocycles. The van der Waals surface area contributed by atoms with Gasteiger partial charge in [-0.15, -0.1) is 0 Å². The Kier molecular flexibility index (Phi) is 31.5. The van der Waals surface area contributed by atoms with Crippen LogP contribution in [-0.4, -0.2) is 103 Å². The van der Waals surface area contributed by atoms with E-state index < -0.39 is 11.0 Å². The number of fused-ring (bicyclic) bond motifs is 2. The molecule has 0 amide bonds. The van der Waals surface area contributed by atoms with Crippen LogP contribution in [0.1, 0.15) is 167 Å². The van der Waals surface area contributed by atoms with E-state index in [4.69, 9.17) is 48.5 Å². The number of carbonyl (C=O) groups excluding carboxylic acids is 1. The van der Waals surface area contributed by atoms with Crippen LogP contribution in [0.2, 0.25) is 0 Å². The van der Waals surface area contributed by atoms with E-state index in [2.05, 4.69) is 36.9 Å². The predicted molar refractivity (Wildman–Crippen MR) is 315 cm³/mol. The molecule has 3 aromatic rings. The Bertz CT molecular complexity index is 2370. The molecule has 1 aliphatic heterocycles. The molecule has 2 fully saturated rings. The molecule has 434 valence electrons. The van der Waals surface area contributed by atoms with Crippen LogP contribution in [0.25, 0.3) is 12.2 Å². The van der Waals surface area contributed by atoms with Crippen LogP contribution < -0.4 is 34.3 Å². The van der Waals surface area contributed by atoms with Crippen LogP contribution in [0.5, 0.6) is 34.5 Å². The molecule has 6 rings (SSSR count). The van der Waals surface area contributed by atoms with Gasteiger partial charge < -0.3 is 48.5 Å². The quantitative estimate of drug-likeness (QED) is 0.00935. The summed E-state index contributed by atoms with van der Waals surface area (Å²) < 4.78 is 53.3. The van der Waals surface area contributed by atoms with Crippen molar-refractivity contribution in [3.05, 3.63) is 86.0 Å². The molecule has 3 aliphatic rings. The normalized spacial score (nSPS) is 16.3. The third kappa shape index (κ3) is 22.0. The highest BCUT2D eigenvalue weighted by Crippen LogP contribution is 2.50. The monoisotopic (exact) mass is 1090 g/mol. The molecule has 1 heterocycles. The second-order valence-electron chi connectivity index (χ2n) is 19.8. The van der Waals surface area contributed by atoms with E-state index in [1.165, 1.54) is 71.3 Å². The lowest BCUT2D eigenvalue weighted by Crippen LogP contribution is -2.45. The molecule has 0 bridgehead atoms. The van der Waals surface area contributed by atoms with Crippen molar-refractivity contribution in [2.45, 2.75) is 158 Å². The maximum absolute atomic E-state index is 13.0. The summed E-state index contributed by atoms with van der Waals surface area (Å²) in [6, 6.07) is 10.3. The molecular formula is C62H94N4O12. The zero-order valence-corrected chi connectivity index (χ0v) is 49.3. The van der Waals surface area contributed by atoms with Gasteiger partial charge in [0.15, 0.2) is 35.4 Å². The minimum absolute atomic E-state index is 0.0235. The number of methoxy groups -OCH3 is 3. The van der Waals surface area contributed by atoms with Gasteiger partial charge >= 0.3 is 0 Å². The largest absolute Gasteiger partial charge is 0.493 e. The summed E-state index contributed by atoms with van der Waals surface area (Å²) in [6.07, 6.45) is 21.7. The van der Waals surface area contributed by atoms with Gasteiger partial charge in [0.2, 0.25) is 0 Å². The number of aliphatic imine (C=N–C) groups is 1. The number of benzene rings is 3. The number of nitrogens with zero attached hydrogens (tertiary/aromatic N) is 3.